The van der Waals surface area contributed by atoms with Crippen LogP contribution < -0.4 is 10.9 Å². The molecule has 0 aliphatic heterocycles. The first-order valence-corrected chi connectivity index (χ1v) is 7.94. The lowest BCUT2D eigenvalue weighted by Crippen LogP contribution is -2.30. The number of halogens is 1. The van der Waals surface area contributed by atoms with Crippen LogP contribution in [0.15, 0.2) is 15.5 Å². The highest BCUT2D eigenvalue weighted by molar-refractivity contribution is 9.10. The van der Waals surface area contributed by atoms with Gasteiger partial charge in [0.05, 0.1) is 11.9 Å². The Kier molecular flexibility index (Phi) is 5.80. The first-order chi connectivity index (χ1) is 9.15. The highest BCUT2D eigenvalue weighted by atomic mass is 79.9. The molecule has 0 aromatic carbocycles. The fourth-order valence-electron chi connectivity index (χ4n) is 1.59. The minimum atomic E-state index is -0.0777. The summed E-state index contributed by atoms with van der Waals surface area (Å²) in [5.41, 5.74) is 0.849. The van der Waals surface area contributed by atoms with E-state index in [1.165, 1.54) is 4.68 Å². The zero-order valence-corrected chi connectivity index (χ0v) is 14.9. The molecule has 0 aliphatic rings. The van der Waals surface area contributed by atoms with Gasteiger partial charge in [-0.15, -0.1) is 0 Å². The van der Waals surface area contributed by atoms with Crippen LogP contribution in [0.4, 0.5) is 5.69 Å². The van der Waals surface area contributed by atoms with Gasteiger partial charge in [0.15, 0.2) is 0 Å². The van der Waals surface area contributed by atoms with E-state index in [4.69, 9.17) is 0 Å². The van der Waals surface area contributed by atoms with Crippen molar-refractivity contribution in [3.05, 3.63) is 21.0 Å². The summed E-state index contributed by atoms with van der Waals surface area (Å²) in [6.07, 6.45) is 1.73. The zero-order chi connectivity index (χ0) is 15.5. The number of rotatable bonds is 6. The lowest BCUT2D eigenvalue weighted by atomic mass is 9.81. The molecule has 1 aromatic rings. The molecule has 0 radical (unpaired) electrons. The summed E-state index contributed by atoms with van der Waals surface area (Å²) in [5.74, 6) is 0.953. The van der Waals surface area contributed by atoms with E-state index in [0.29, 0.717) is 22.9 Å². The van der Waals surface area contributed by atoms with Crippen molar-refractivity contribution in [2.45, 2.75) is 48.1 Å². The number of anilines is 1. The van der Waals surface area contributed by atoms with Crippen molar-refractivity contribution < 1.29 is 0 Å². The second-order valence-corrected chi connectivity index (χ2v) is 7.54. The summed E-state index contributed by atoms with van der Waals surface area (Å²) in [5, 5.41) is 7.57. The molecule has 1 N–H and O–H groups in total. The molecule has 0 saturated heterocycles. The van der Waals surface area contributed by atoms with Gasteiger partial charge in [0, 0.05) is 13.1 Å². The molecule has 0 bridgehead atoms. The molecule has 0 aliphatic carbocycles. The summed E-state index contributed by atoms with van der Waals surface area (Å²) in [4.78, 5) is 12.2. The Labute approximate surface area is 130 Å². The predicted molar refractivity (Wildman–Crippen MR) is 88.1 cm³/mol. The topological polar surface area (TPSA) is 46.9 Å². The van der Waals surface area contributed by atoms with Crippen molar-refractivity contribution in [1.82, 2.24) is 9.78 Å². The fourth-order valence-corrected chi connectivity index (χ4v) is 2.04. The summed E-state index contributed by atoms with van der Waals surface area (Å²) in [6, 6.07) is 0. The van der Waals surface area contributed by atoms with Gasteiger partial charge >= 0.3 is 0 Å². The minimum absolute atomic E-state index is 0.0777. The molecule has 1 aromatic heterocycles. The first-order valence-electron chi connectivity index (χ1n) is 7.14. The maximum Gasteiger partial charge on any atom is 0.283 e. The Balaban J connectivity index is 2.89. The van der Waals surface area contributed by atoms with E-state index in [-0.39, 0.29) is 11.0 Å². The molecule has 0 fully saturated rings. The molecule has 0 atom stereocenters. The summed E-state index contributed by atoms with van der Waals surface area (Å²) < 4.78 is 2.07. The molecule has 0 amide bonds. The van der Waals surface area contributed by atoms with Crippen LogP contribution in [0.3, 0.4) is 0 Å². The monoisotopic (exact) mass is 343 g/mol. The lowest BCUT2D eigenvalue weighted by molar-refractivity contribution is 0.269. The van der Waals surface area contributed by atoms with Crippen molar-refractivity contribution in [1.29, 1.82) is 0 Å². The van der Waals surface area contributed by atoms with Crippen LogP contribution in [0.5, 0.6) is 0 Å². The minimum Gasteiger partial charge on any atom is -0.382 e. The molecule has 1 rings (SSSR count). The van der Waals surface area contributed by atoms with E-state index in [0.717, 1.165) is 12.2 Å². The van der Waals surface area contributed by atoms with E-state index < -0.39 is 0 Å². The number of nitrogens with zero attached hydrogens (tertiary/aromatic N) is 2. The average Bonchev–Trinajstić information content (AvgIpc) is 2.33. The highest BCUT2D eigenvalue weighted by Gasteiger charge is 2.22. The van der Waals surface area contributed by atoms with Crippen LogP contribution in [-0.4, -0.2) is 16.3 Å². The van der Waals surface area contributed by atoms with E-state index in [1.54, 1.807) is 6.20 Å². The average molecular weight is 344 g/mol. The number of hydrogen-bond donors (Lipinski definition) is 1. The normalized spacial score (nSPS) is 12.2. The summed E-state index contributed by atoms with van der Waals surface area (Å²) in [6.45, 7) is 14.4. The number of aromatic nitrogens is 2. The van der Waals surface area contributed by atoms with Crippen molar-refractivity contribution in [3.63, 3.8) is 0 Å². The van der Waals surface area contributed by atoms with Gasteiger partial charge in [0.1, 0.15) is 4.47 Å². The molecular weight excluding hydrogens is 318 g/mol. The molecule has 0 saturated carbocycles. The van der Waals surface area contributed by atoms with Crippen molar-refractivity contribution >= 4 is 21.6 Å². The summed E-state index contributed by atoms with van der Waals surface area (Å²) in [7, 11) is 0. The van der Waals surface area contributed by atoms with Gasteiger partial charge in [-0.2, -0.15) is 5.10 Å². The molecule has 114 valence electrons. The highest BCUT2D eigenvalue weighted by Crippen LogP contribution is 2.27. The molecule has 1 heterocycles. The third-order valence-corrected chi connectivity index (χ3v) is 4.59. The quantitative estimate of drug-likeness (QED) is 0.855. The standard InChI is InChI=1S/C15H26BrN3O/c1-10(2)8-19-14(20)13(16)12(7-18-19)17-9-15(5,6)11(3)4/h7,10-11,17H,8-9H2,1-6H3. The summed E-state index contributed by atoms with van der Waals surface area (Å²) >= 11 is 3.39. The second-order valence-electron chi connectivity index (χ2n) is 6.75. The Morgan fingerprint density at radius 3 is 2.45 bits per heavy atom. The van der Waals surface area contributed by atoms with Gasteiger partial charge in [0.25, 0.3) is 5.56 Å². The smallest absolute Gasteiger partial charge is 0.283 e. The van der Waals surface area contributed by atoms with Gasteiger partial charge < -0.3 is 5.32 Å². The maximum atomic E-state index is 12.2. The number of nitrogens with one attached hydrogen (secondary N) is 1. The Bertz CT molecular complexity index is 506. The largest absolute Gasteiger partial charge is 0.382 e. The molecule has 4 nitrogen and oxygen atoms in total. The Hall–Kier alpha value is -0.840. The van der Waals surface area contributed by atoms with E-state index >= 15 is 0 Å². The van der Waals surface area contributed by atoms with Gasteiger partial charge in [-0.3, -0.25) is 4.79 Å². The van der Waals surface area contributed by atoms with Crippen LogP contribution in [0.25, 0.3) is 0 Å². The maximum absolute atomic E-state index is 12.2. The van der Waals surface area contributed by atoms with Crippen molar-refractivity contribution in [2.24, 2.45) is 17.3 Å². The Morgan fingerprint density at radius 1 is 1.35 bits per heavy atom. The fraction of sp³-hybridized carbons (Fsp3) is 0.733. The lowest BCUT2D eigenvalue weighted by Gasteiger charge is -2.30. The van der Waals surface area contributed by atoms with Crippen LogP contribution in [0.1, 0.15) is 41.5 Å². The number of hydrogen-bond acceptors (Lipinski definition) is 3. The SMILES string of the molecule is CC(C)Cn1ncc(NCC(C)(C)C(C)C)c(Br)c1=O. The molecule has 0 spiro atoms. The van der Waals surface area contributed by atoms with Crippen LogP contribution in [-0.2, 0) is 6.54 Å². The molecule has 20 heavy (non-hydrogen) atoms. The van der Waals surface area contributed by atoms with E-state index in [9.17, 15) is 4.79 Å². The van der Waals surface area contributed by atoms with E-state index in [2.05, 4.69) is 67.9 Å². The first kappa shape index (κ1) is 17.2. The second kappa shape index (κ2) is 6.74. The molecule has 0 unspecified atom stereocenters. The van der Waals surface area contributed by atoms with Crippen molar-refractivity contribution in [2.75, 3.05) is 11.9 Å². The van der Waals surface area contributed by atoms with Crippen LogP contribution in [0.2, 0.25) is 0 Å². The van der Waals surface area contributed by atoms with E-state index in [1.807, 2.05) is 0 Å². The van der Waals surface area contributed by atoms with Crippen molar-refractivity contribution in [3.8, 4) is 0 Å². The van der Waals surface area contributed by atoms with Gasteiger partial charge in [-0.05, 0) is 33.2 Å². The van der Waals surface area contributed by atoms with Gasteiger partial charge in [-0.25, -0.2) is 4.68 Å². The van der Waals surface area contributed by atoms with Crippen LogP contribution in [0, 0.1) is 17.3 Å². The third-order valence-electron chi connectivity index (χ3n) is 3.82. The molecular formula is C15H26BrN3O. The van der Waals surface area contributed by atoms with Gasteiger partial charge in [-0.1, -0.05) is 41.5 Å². The molecule has 5 heteroatoms. The Morgan fingerprint density at radius 2 is 1.95 bits per heavy atom. The zero-order valence-electron chi connectivity index (χ0n) is 13.3. The van der Waals surface area contributed by atoms with Gasteiger partial charge in [0.2, 0.25) is 0 Å². The predicted octanol–water partition coefficient (Wildman–Crippen LogP) is 3.76. The third kappa shape index (κ3) is 4.33. The van der Waals surface area contributed by atoms with Crippen LogP contribution >= 0.6 is 15.9 Å².